The number of aromatic nitrogens is 2. The van der Waals surface area contributed by atoms with Crippen LogP contribution in [-0.4, -0.2) is 22.7 Å². The van der Waals surface area contributed by atoms with Gasteiger partial charge in [-0.15, -0.1) is 0 Å². The molecule has 0 fully saturated rings. The fourth-order valence-corrected chi connectivity index (χ4v) is 1.92. The Balaban J connectivity index is 1.86. The number of amides is 1. The summed E-state index contributed by atoms with van der Waals surface area (Å²) in [7, 11) is 0. The Labute approximate surface area is 108 Å². The van der Waals surface area contributed by atoms with E-state index in [0.29, 0.717) is 24.7 Å². The molecule has 2 heterocycles. The number of nitrogens with one attached hydrogen (secondary N) is 1. The van der Waals surface area contributed by atoms with Gasteiger partial charge in [-0.3, -0.25) is 9.63 Å². The Morgan fingerprint density at radius 2 is 2.50 bits per heavy atom. The van der Waals surface area contributed by atoms with E-state index in [-0.39, 0.29) is 12.3 Å². The lowest BCUT2D eigenvalue weighted by atomic mass is 10.3. The molecule has 18 heavy (non-hydrogen) atoms. The van der Waals surface area contributed by atoms with Crippen LogP contribution < -0.4 is 5.48 Å². The molecule has 0 saturated heterocycles. The summed E-state index contributed by atoms with van der Waals surface area (Å²) in [5, 5.41) is 7.74. The minimum atomic E-state index is -0.202. The number of rotatable bonds is 6. The molecule has 1 N–H and O–H groups in total. The van der Waals surface area contributed by atoms with Gasteiger partial charge in [0.15, 0.2) is 0 Å². The van der Waals surface area contributed by atoms with Crippen molar-refractivity contribution >= 4 is 17.2 Å². The fraction of sp³-hybridized carbons (Fsp3) is 0.364. The van der Waals surface area contributed by atoms with Crippen LogP contribution in [0.4, 0.5) is 0 Å². The quantitative estimate of drug-likeness (QED) is 0.807. The fourth-order valence-electron chi connectivity index (χ4n) is 1.29. The Bertz CT molecular complexity index is 495. The number of hydrogen-bond donors (Lipinski definition) is 1. The zero-order valence-corrected chi connectivity index (χ0v) is 10.7. The van der Waals surface area contributed by atoms with E-state index < -0.39 is 0 Å². The molecule has 0 unspecified atom stereocenters. The Morgan fingerprint density at radius 1 is 1.61 bits per heavy atom. The molecule has 2 aromatic rings. The Hall–Kier alpha value is -1.73. The number of carbonyl (C=O) groups is 1. The van der Waals surface area contributed by atoms with Crippen LogP contribution in [0.5, 0.6) is 0 Å². The van der Waals surface area contributed by atoms with Crippen LogP contribution in [0.2, 0.25) is 0 Å². The molecule has 0 aliphatic carbocycles. The lowest BCUT2D eigenvalue weighted by molar-refractivity contribution is -0.133. The maximum Gasteiger partial charge on any atom is 0.244 e. The van der Waals surface area contributed by atoms with E-state index in [2.05, 4.69) is 15.6 Å². The zero-order chi connectivity index (χ0) is 12.8. The van der Waals surface area contributed by atoms with Gasteiger partial charge in [0.1, 0.15) is 0 Å². The first-order chi connectivity index (χ1) is 8.79. The number of hydrogen-bond acceptors (Lipinski definition) is 6. The van der Waals surface area contributed by atoms with Crippen LogP contribution in [0.3, 0.4) is 0 Å². The molecule has 0 aliphatic rings. The van der Waals surface area contributed by atoms with Crippen molar-refractivity contribution < 1.29 is 14.2 Å². The highest BCUT2D eigenvalue weighted by Gasteiger charge is 2.10. The first-order valence-electron chi connectivity index (χ1n) is 5.55. The second-order valence-electron chi connectivity index (χ2n) is 3.48. The van der Waals surface area contributed by atoms with Crippen molar-refractivity contribution in [1.29, 1.82) is 0 Å². The van der Waals surface area contributed by atoms with Crippen LogP contribution >= 0.6 is 11.3 Å². The van der Waals surface area contributed by atoms with Gasteiger partial charge in [0, 0.05) is 23.8 Å². The third-order valence-electron chi connectivity index (χ3n) is 2.14. The molecule has 0 spiro atoms. The van der Waals surface area contributed by atoms with Gasteiger partial charge in [-0.25, -0.2) is 5.48 Å². The van der Waals surface area contributed by atoms with Gasteiger partial charge in [0.25, 0.3) is 0 Å². The van der Waals surface area contributed by atoms with Crippen LogP contribution in [0.15, 0.2) is 21.3 Å². The average Bonchev–Trinajstić information content (AvgIpc) is 3.03. The Kier molecular flexibility index (Phi) is 4.43. The molecule has 0 aliphatic heterocycles. The predicted octanol–water partition coefficient (Wildman–Crippen LogP) is 1.80. The predicted molar refractivity (Wildman–Crippen MR) is 65.7 cm³/mol. The maximum absolute atomic E-state index is 11.3. The number of hydroxylamine groups is 1. The largest absolute Gasteiger partial charge is 0.339 e. The van der Waals surface area contributed by atoms with Gasteiger partial charge >= 0.3 is 0 Å². The van der Waals surface area contributed by atoms with E-state index in [1.54, 1.807) is 18.3 Å². The summed E-state index contributed by atoms with van der Waals surface area (Å²) in [6.45, 7) is 2.24. The molecule has 7 heteroatoms. The van der Waals surface area contributed by atoms with Crippen molar-refractivity contribution in [3.8, 4) is 11.4 Å². The summed E-state index contributed by atoms with van der Waals surface area (Å²) < 4.78 is 5.07. The normalized spacial score (nSPS) is 10.5. The molecule has 0 atom stereocenters. The van der Waals surface area contributed by atoms with Crippen molar-refractivity contribution in [2.24, 2.45) is 0 Å². The number of nitrogens with zero attached hydrogens (tertiary/aromatic N) is 2. The van der Waals surface area contributed by atoms with E-state index in [0.717, 1.165) is 5.56 Å². The molecule has 0 bridgehead atoms. The number of carbonyl (C=O) groups excluding carboxylic acids is 1. The second-order valence-corrected chi connectivity index (χ2v) is 4.26. The summed E-state index contributed by atoms with van der Waals surface area (Å²) in [5.41, 5.74) is 3.23. The second kappa shape index (κ2) is 6.27. The lowest BCUT2D eigenvalue weighted by Gasteiger charge is -2.00. The first-order valence-corrected chi connectivity index (χ1v) is 6.49. The smallest absolute Gasteiger partial charge is 0.244 e. The van der Waals surface area contributed by atoms with Crippen molar-refractivity contribution in [3.63, 3.8) is 0 Å². The highest BCUT2D eigenvalue weighted by atomic mass is 32.1. The number of aryl methyl sites for hydroxylation is 1. The lowest BCUT2D eigenvalue weighted by Crippen LogP contribution is -2.23. The van der Waals surface area contributed by atoms with Gasteiger partial charge in [0.05, 0.1) is 6.61 Å². The molecule has 2 aromatic heterocycles. The zero-order valence-electron chi connectivity index (χ0n) is 9.88. The van der Waals surface area contributed by atoms with Gasteiger partial charge in [0.2, 0.25) is 17.6 Å². The van der Waals surface area contributed by atoms with E-state index in [4.69, 9.17) is 9.36 Å². The van der Waals surface area contributed by atoms with Crippen molar-refractivity contribution in [2.75, 3.05) is 6.61 Å². The van der Waals surface area contributed by atoms with Gasteiger partial charge < -0.3 is 4.52 Å². The summed E-state index contributed by atoms with van der Waals surface area (Å²) in [5.74, 6) is 0.798. The summed E-state index contributed by atoms with van der Waals surface area (Å²) in [4.78, 5) is 20.3. The average molecular weight is 267 g/mol. The van der Waals surface area contributed by atoms with E-state index in [9.17, 15) is 4.79 Å². The van der Waals surface area contributed by atoms with E-state index >= 15 is 0 Å². The SMILES string of the molecule is CCONC(=O)CCc1nc(-c2ccsc2)no1. The topological polar surface area (TPSA) is 77.2 Å². The van der Waals surface area contributed by atoms with Gasteiger partial charge in [-0.2, -0.15) is 16.3 Å². The first kappa shape index (κ1) is 12.7. The molecule has 0 saturated carbocycles. The summed E-state index contributed by atoms with van der Waals surface area (Å²) in [6, 6.07) is 1.92. The molecule has 96 valence electrons. The van der Waals surface area contributed by atoms with Crippen molar-refractivity contribution in [1.82, 2.24) is 15.6 Å². The molecular weight excluding hydrogens is 254 g/mol. The summed E-state index contributed by atoms with van der Waals surface area (Å²) in [6.07, 6.45) is 0.654. The highest BCUT2D eigenvalue weighted by molar-refractivity contribution is 7.08. The monoisotopic (exact) mass is 267 g/mol. The van der Waals surface area contributed by atoms with E-state index in [1.807, 2.05) is 16.8 Å². The molecular formula is C11H13N3O3S. The highest BCUT2D eigenvalue weighted by Crippen LogP contribution is 2.18. The Morgan fingerprint density at radius 3 is 3.22 bits per heavy atom. The third-order valence-corrected chi connectivity index (χ3v) is 2.83. The standard InChI is InChI=1S/C11H13N3O3S/c1-2-16-13-9(15)3-4-10-12-11(14-17-10)8-5-6-18-7-8/h5-7H,2-4H2,1H3,(H,13,15). The van der Waals surface area contributed by atoms with Crippen LogP contribution in [-0.2, 0) is 16.1 Å². The maximum atomic E-state index is 11.3. The minimum absolute atomic E-state index is 0.202. The number of thiophene rings is 1. The molecule has 6 nitrogen and oxygen atoms in total. The summed E-state index contributed by atoms with van der Waals surface area (Å²) >= 11 is 1.57. The van der Waals surface area contributed by atoms with Crippen molar-refractivity contribution in [3.05, 3.63) is 22.7 Å². The minimum Gasteiger partial charge on any atom is -0.339 e. The van der Waals surface area contributed by atoms with Crippen LogP contribution in [0.25, 0.3) is 11.4 Å². The van der Waals surface area contributed by atoms with Crippen molar-refractivity contribution in [2.45, 2.75) is 19.8 Å². The molecule has 0 radical (unpaired) electrons. The molecule has 2 rings (SSSR count). The van der Waals surface area contributed by atoms with Crippen LogP contribution in [0, 0.1) is 0 Å². The van der Waals surface area contributed by atoms with E-state index in [1.165, 1.54) is 0 Å². The molecule has 1 amide bonds. The van der Waals surface area contributed by atoms with Gasteiger partial charge in [-0.05, 0) is 18.4 Å². The third kappa shape index (κ3) is 3.38. The van der Waals surface area contributed by atoms with Crippen LogP contribution in [0.1, 0.15) is 19.2 Å². The van der Waals surface area contributed by atoms with Gasteiger partial charge in [-0.1, -0.05) is 5.16 Å². The molecule has 0 aromatic carbocycles.